The minimum absolute atomic E-state index is 0.0970. The van der Waals surface area contributed by atoms with Crippen LogP contribution in [0.15, 0.2) is 35.4 Å². The molecule has 0 radical (unpaired) electrons. The fourth-order valence-corrected chi connectivity index (χ4v) is 3.38. The zero-order chi connectivity index (χ0) is 20.8. The minimum Gasteiger partial charge on any atom is -0.379 e. The van der Waals surface area contributed by atoms with Crippen LogP contribution in [0.2, 0.25) is 0 Å². The van der Waals surface area contributed by atoms with Gasteiger partial charge in [-0.05, 0) is 44.2 Å². The highest BCUT2D eigenvalue weighted by molar-refractivity contribution is 5.88. The summed E-state index contributed by atoms with van der Waals surface area (Å²) in [5.74, 6) is -0.231. The van der Waals surface area contributed by atoms with Crippen LogP contribution in [0, 0.1) is 13.8 Å². The van der Waals surface area contributed by atoms with E-state index in [0.717, 1.165) is 41.4 Å². The molecule has 1 aromatic carbocycles. The molecular formula is C21H27N5O3. The number of aryl methyl sites for hydroxylation is 1. The SMILES string of the molecule is CC(=O)Nc1ccc(-n2c(C)cc(/C=N/NC(=O)CN3CCOCC3)c2C)cc1. The Hall–Kier alpha value is -2.97. The van der Waals surface area contributed by atoms with Crippen molar-refractivity contribution in [1.82, 2.24) is 14.9 Å². The lowest BCUT2D eigenvalue weighted by Crippen LogP contribution is -2.42. The number of hydrazone groups is 1. The van der Waals surface area contributed by atoms with Gasteiger partial charge in [-0.1, -0.05) is 0 Å². The van der Waals surface area contributed by atoms with Crippen LogP contribution in [0.4, 0.5) is 5.69 Å². The van der Waals surface area contributed by atoms with Crippen LogP contribution in [-0.4, -0.2) is 60.3 Å². The topological polar surface area (TPSA) is 88.0 Å². The largest absolute Gasteiger partial charge is 0.379 e. The van der Waals surface area contributed by atoms with Gasteiger partial charge in [0.25, 0.3) is 5.91 Å². The Morgan fingerprint density at radius 2 is 1.86 bits per heavy atom. The third-order valence-electron chi connectivity index (χ3n) is 4.78. The van der Waals surface area contributed by atoms with Crippen molar-refractivity contribution in [1.29, 1.82) is 0 Å². The maximum atomic E-state index is 12.0. The van der Waals surface area contributed by atoms with Crippen LogP contribution >= 0.6 is 0 Å². The number of carbonyl (C=O) groups excluding carboxylic acids is 2. The van der Waals surface area contributed by atoms with Crippen LogP contribution in [0.5, 0.6) is 0 Å². The van der Waals surface area contributed by atoms with Crippen molar-refractivity contribution in [3.05, 3.63) is 47.3 Å². The predicted octanol–water partition coefficient (Wildman–Crippen LogP) is 1.83. The molecule has 0 unspecified atom stereocenters. The van der Waals surface area contributed by atoms with Gasteiger partial charge in [0.1, 0.15) is 0 Å². The number of hydrogen-bond acceptors (Lipinski definition) is 5. The molecule has 0 atom stereocenters. The highest BCUT2D eigenvalue weighted by Gasteiger charge is 2.14. The molecule has 3 rings (SSSR count). The van der Waals surface area contributed by atoms with Gasteiger partial charge in [-0.25, -0.2) is 5.43 Å². The number of hydrogen-bond donors (Lipinski definition) is 2. The number of nitrogens with zero attached hydrogens (tertiary/aromatic N) is 3. The number of amides is 2. The van der Waals surface area contributed by atoms with E-state index in [2.05, 4.69) is 20.4 Å². The Morgan fingerprint density at radius 1 is 1.17 bits per heavy atom. The van der Waals surface area contributed by atoms with Crippen molar-refractivity contribution in [2.75, 3.05) is 38.2 Å². The third-order valence-corrected chi connectivity index (χ3v) is 4.78. The molecule has 1 aliphatic rings. The number of carbonyl (C=O) groups is 2. The van der Waals surface area contributed by atoms with Crippen molar-refractivity contribution in [3.8, 4) is 5.69 Å². The summed E-state index contributed by atoms with van der Waals surface area (Å²) in [5.41, 5.74) is 7.34. The summed E-state index contributed by atoms with van der Waals surface area (Å²) in [7, 11) is 0. The first-order valence-corrected chi connectivity index (χ1v) is 9.63. The summed E-state index contributed by atoms with van der Waals surface area (Å²) in [6.45, 7) is 8.68. The number of nitrogens with one attached hydrogen (secondary N) is 2. The summed E-state index contributed by atoms with van der Waals surface area (Å²) in [5, 5.41) is 6.89. The maximum absolute atomic E-state index is 12.0. The Bertz CT molecular complexity index is 896. The average Bonchev–Trinajstić information content (AvgIpc) is 2.96. The molecule has 1 fully saturated rings. The van der Waals surface area contributed by atoms with Crippen molar-refractivity contribution >= 4 is 23.7 Å². The van der Waals surface area contributed by atoms with Crippen LogP contribution in [0.1, 0.15) is 23.9 Å². The third kappa shape index (κ3) is 5.52. The lowest BCUT2D eigenvalue weighted by atomic mass is 10.2. The average molecular weight is 397 g/mol. The standard InChI is InChI=1S/C21H27N5O3/c1-15-12-18(13-22-24-21(28)14-25-8-10-29-11-9-25)16(2)26(15)20-6-4-19(5-7-20)23-17(3)27/h4-7,12-13H,8-11,14H2,1-3H3,(H,23,27)(H,24,28)/b22-13+. The Morgan fingerprint density at radius 3 is 2.52 bits per heavy atom. The molecule has 8 nitrogen and oxygen atoms in total. The molecule has 2 aromatic rings. The molecule has 0 aliphatic carbocycles. The van der Waals surface area contributed by atoms with Crippen molar-refractivity contribution in [2.45, 2.75) is 20.8 Å². The monoisotopic (exact) mass is 397 g/mol. The molecule has 154 valence electrons. The fourth-order valence-electron chi connectivity index (χ4n) is 3.38. The van der Waals surface area contributed by atoms with Crippen LogP contribution in [0.3, 0.4) is 0 Å². The number of morpholine rings is 1. The molecule has 0 bridgehead atoms. The second kappa shape index (κ2) is 9.49. The van der Waals surface area contributed by atoms with Crippen LogP contribution < -0.4 is 10.7 Å². The Labute approximate surface area is 170 Å². The van der Waals surface area contributed by atoms with Crippen LogP contribution in [-0.2, 0) is 14.3 Å². The van der Waals surface area contributed by atoms with Gasteiger partial charge < -0.3 is 14.6 Å². The molecular weight excluding hydrogens is 370 g/mol. The summed E-state index contributed by atoms with van der Waals surface area (Å²) in [6, 6.07) is 9.67. The normalized spacial score (nSPS) is 14.9. The first-order valence-electron chi connectivity index (χ1n) is 9.63. The quantitative estimate of drug-likeness (QED) is 0.575. The van der Waals surface area contributed by atoms with Crippen LogP contribution in [0.25, 0.3) is 5.69 Å². The number of ether oxygens (including phenoxy) is 1. The van der Waals surface area contributed by atoms with E-state index in [1.54, 1.807) is 6.21 Å². The van der Waals surface area contributed by atoms with Gasteiger partial charge in [-0.2, -0.15) is 5.10 Å². The second-order valence-electron chi connectivity index (χ2n) is 7.07. The fraction of sp³-hybridized carbons (Fsp3) is 0.381. The van der Waals surface area contributed by atoms with E-state index in [4.69, 9.17) is 4.74 Å². The number of benzene rings is 1. The van der Waals surface area contributed by atoms with E-state index in [1.807, 2.05) is 49.1 Å². The van der Waals surface area contributed by atoms with Gasteiger partial charge in [0.2, 0.25) is 5.91 Å². The van der Waals surface area contributed by atoms with Gasteiger partial charge in [0.05, 0.1) is 26.0 Å². The lowest BCUT2D eigenvalue weighted by molar-refractivity contribution is -0.123. The first-order chi connectivity index (χ1) is 13.9. The smallest absolute Gasteiger partial charge is 0.254 e. The molecule has 2 heterocycles. The van der Waals surface area contributed by atoms with E-state index in [0.29, 0.717) is 19.8 Å². The highest BCUT2D eigenvalue weighted by Crippen LogP contribution is 2.21. The van der Waals surface area contributed by atoms with Gasteiger partial charge >= 0.3 is 0 Å². The van der Waals surface area contributed by atoms with E-state index >= 15 is 0 Å². The molecule has 0 spiro atoms. The zero-order valence-electron chi connectivity index (χ0n) is 17.1. The maximum Gasteiger partial charge on any atom is 0.254 e. The highest BCUT2D eigenvalue weighted by atomic mass is 16.5. The predicted molar refractivity (Wildman–Crippen MR) is 113 cm³/mol. The minimum atomic E-state index is -0.134. The van der Waals surface area contributed by atoms with Crippen molar-refractivity contribution in [3.63, 3.8) is 0 Å². The van der Waals surface area contributed by atoms with Gasteiger partial charge in [-0.15, -0.1) is 0 Å². The summed E-state index contributed by atoms with van der Waals surface area (Å²) in [6.07, 6.45) is 1.67. The molecule has 0 saturated carbocycles. The number of anilines is 1. The summed E-state index contributed by atoms with van der Waals surface area (Å²) in [4.78, 5) is 25.3. The number of rotatable bonds is 6. The van der Waals surface area contributed by atoms with E-state index in [1.165, 1.54) is 6.92 Å². The zero-order valence-corrected chi connectivity index (χ0v) is 17.1. The Balaban J connectivity index is 1.64. The summed E-state index contributed by atoms with van der Waals surface area (Å²) < 4.78 is 7.39. The lowest BCUT2D eigenvalue weighted by Gasteiger charge is -2.25. The van der Waals surface area contributed by atoms with Gasteiger partial charge in [0.15, 0.2) is 0 Å². The number of aromatic nitrogens is 1. The molecule has 1 aliphatic heterocycles. The van der Waals surface area contributed by atoms with Gasteiger partial charge in [0, 0.05) is 48.3 Å². The Kier molecular flexibility index (Phi) is 6.79. The molecule has 1 saturated heterocycles. The molecule has 8 heteroatoms. The molecule has 1 aromatic heterocycles. The molecule has 29 heavy (non-hydrogen) atoms. The van der Waals surface area contributed by atoms with Crippen molar-refractivity contribution in [2.24, 2.45) is 5.10 Å². The van der Waals surface area contributed by atoms with E-state index in [9.17, 15) is 9.59 Å². The van der Waals surface area contributed by atoms with Crippen molar-refractivity contribution < 1.29 is 14.3 Å². The van der Waals surface area contributed by atoms with Gasteiger partial charge in [-0.3, -0.25) is 14.5 Å². The van der Waals surface area contributed by atoms with E-state index in [-0.39, 0.29) is 11.8 Å². The molecule has 2 amide bonds. The molecule has 2 N–H and O–H groups in total. The summed E-state index contributed by atoms with van der Waals surface area (Å²) >= 11 is 0. The first kappa shape index (κ1) is 20.8. The van der Waals surface area contributed by atoms with E-state index < -0.39 is 0 Å². The second-order valence-corrected chi connectivity index (χ2v) is 7.07.